The number of pyridine rings is 1. The zero-order valence-electron chi connectivity index (χ0n) is 8.97. The fourth-order valence-electron chi connectivity index (χ4n) is 1.41. The van der Waals surface area contributed by atoms with Crippen molar-refractivity contribution in [2.24, 2.45) is 0 Å². The summed E-state index contributed by atoms with van der Waals surface area (Å²) in [4.78, 5) is 4.21. The minimum atomic E-state index is -0.316. The van der Waals surface area contributed by atoms with Crippen LogP contribution in [-0.4, -0.2) is 4.98 Å². The van der Waals surface area contributed by atoms with Gasteiger partial charge in [0.2, 0.25) is 0 Å². The highest BCUT2D eigenvalue weighted by molar-refractivity contribution is 9.10. The number of hydrogen-bond acceptors (Lipinski definition) is 2. The number of aromatic nitrogens is 1. The third-order valence-corrected chi connectivity index (χ3v) is 3.35. The van der Waals surface area contributed by atoms with Gasteiger partial charge in [0.15, 0.2) is 0 Å². The van der Waals surface area contributed by atoms with Crippen molar-refractivity contribution < 1.29 is 4.39 Å². The molecule has 0 aliphatic heterocycles. The van der Waals surface area contributed by atoms with Gasteiger partial charge in [0.1, 0.15) is 11.6 Å². The number of nitrogens with one attached hydrogen (secondary N) is 1. The quantitative estimate of drug-likeness (QED) is 0.833. The van der Waals surface area contributed by atoms with E-state index in [9.17, 15) is 4.39 Å². The normalized spacial score (nSPS) is 10.4. The van der Waals surface area contributed by atoms with E-state index >= 15 is 0 Å². The average Bonchev–Trinajstić information content (AvgIpc) is 2.26. The number of nitrogens with zero attached hydrogens (tertiary/aromatic N) is 1. The van der Waals surface area contributed by atoms with Gasteiger partial charge in [-0.2, -0.15) is 0 Å². The van der Waals surface area contributed by atoms with Crippen LogP contribution in [0.3, 0.4) is 0 Å². The van der Waals surface area contributed by atoms with Crippen LogP contribution < -0.4 is 5.32 Å². The van der Waals surface area contributed by atoms with Gasteiger partial charge in [0.25, 0.3) is 0 Å². The largest absolute Gasteiger partial charge is 0.337 e. The molecule has 2 rings (SSSR count). The Morgan fingerprint density at radius 1 is 1.29 bits per heavy atom. The first-order valence-corrected chi connectivity index (χ1v) is 6.49. The van der Waals surface area contributed by atoms with Gasteiger partial charge in [-0.1, -0.05) is 6.07 Å². The van der Waals surface area contributed by atoms with Crippen molar-refractivity contribution in [1.29, 1.82) is 0 Å². The summed E-state index contributed by atoms with van der Waals surface area (Å²) in [6.07, 6.45) is 1.67. The van der Waals surface area contributed by atoms with Crippen LogP contribution in [0.15, 0.2) is 39.4 Å². The predicted octanol–water partition coefficient (Wildman–Crippen LogP) is 4.80. The second kappa shape index (κ2) is 5.14. The molecule has 0 spiro atoms. The number of para-hydroxylation sites is 1. The van der Waals surface area contributed by atoms with Gasteiger partial charge >= 0.3 is 0 Å². The predicted molar refractivity (Wildman–Crippen MR) is 74.1 cm³/mol. The van der Waals surface area contributed by atoms with E-state index in [2.05, 4.69) is 42.2 Å². The van der Waals surface area contributed by atoms with E-state index in [-0.39, 0.29) is 5.82 Å². The molecule has 1 aromatic carbocycles. The van der Waals surface area contributed by atoms with Gasteiger partial charge in [0, 0.05) is 15.1 Å². The zero-order chi connectivity index (χ0) is 12.4. The molecule has 0 saturated carbocycles. The number of anilines is 2. The molecule has 0 saturated heterocycles. The van der Waals surface area contributed by atoms with Crippen LogP contribution in [0.4, 0.5) is 15.9 Å². The van der Waals surface area contributed by atoms with Crippen LogP contribution in [0, 0.1) is 12.7 Å². The van der Waals surface area contributed by atoms with E-state index in [1.807, 2.05) is 13.0 Å². The molecular weight excluding hydrogens is 351 g/mol. The first-order chi connectivity index (χ1) is 8.08. The Morgan fingerprint density at radius 2 is 2.06 bits per heavy atom. The van der Waals surface area contributed by atoms with Gasteiger partial charge in [-0.05, 0) is 62.5 Å². The van der Waals surface area contributed by atoms with Crippen LogP contribution in [0.25, 0.3) is 0 Å². The molecule has 0 amide bonds. The van der Waals surface area contributed by atoms with Gasteiger partial charge < -0.3 is 5.32 Å². The van der Waals surface area contributed by atoms with Crippen LogP contribution in [0.2, 0.25) is 0 Å². The molecule has 0 unspecified atom stereocenters. The van der Waals surface area contributed by atoms with E-state index in [1.54, 1.807) is 18.3 Å². The molecule has 88 valence electrons. The highest BCUT2D eigenvalue weighted by atomic mass is 79.9. The molecule has 2 nitrogen and oxygen atoms in total. The summed E-state index contributed by atoms with van der Waals surface area (Å²) in [5, 5.41) is 2.98. The Hall–Kier alpha value is -0.940. The summed E-state index contributed by atoms with van der Waals surface area (Å²) in [6, 6.07) is 6.75. The minimum Gasteiger partial charge on any atom is -0.337 e. The molecule has 0 aliphatic carbocycles. The summed E-state index contributed by atoms with van der Waals surface area (Å²) in [6.45, 7) is 1.91. The molecule has 0 radical (unpaired) electrons. The van der Waals surface area contributed by atoms with Crippen molar-refractivity contribution in [2.75, 3.05) is 5.32 Å². The molecular formula is C12H9Br2FN2. The molecule has 0 aliphatic rings. The van der Waals surface area contributed by atoms with Gasteiger partial charge in [-0.15, -0.1) is 0 Å². The van der Waals surface area contributed by atoms with Crippen LogP contribution in [-0.2, 0) is 0 Å². The third-order valence-electron chi connectivity index (χ3n) is 2.25. The smallest absolute Gasteiger partial charge is 0.147 e. The maximum absolute atomic E-state index is 13.6. The maximum atomic E-state index is 13.6. The SMILES string of the molecule is Cc1cc(Br)cnc1Nc1c(F)cccc1Br. The number of halogens is 3. The molecule has 5 heteroatoms. The summed E-state index contributed by atoms with van der Waals surface area (Å²) in [5.41, 5.74) is 1.33. The molecule has 17 heavy (non-hydrogen) atoms. The Morgan fingerprint density at radius 3 is 2.71 bits per heavy atom. The second-order valence-corrected chi connectivity index (χ2v) is 5.31. The fraction of sp³-hybridized carbons (Fsp3) is 0.0833. The van der Waals surface area contributed by atoms with Crippen LogP contribution in [0.1, 0.15) is 5.56 Å². The summed E-state index contributed by atoms with van der Waals surface area (Å²) in [7, 11) is 0. The Kier molecular flexibility index (Phi) is 3.79. The molecule has 2 aromatic rings. The van der Waals surface area contributed by atoms with Gasteiger partial charge in [0.05, 0.1) is 5.69 Å². The van der Waals surface area contributed by atoms with Crippen molar-refractivity contribution in [1.82, 2.24) is 4.98 Å². The van der Waals surface area contributed by atoms with Crippen molar-refractivity contribution >= 4 is 43.4 Å². The first-order valence-electron chi connectivity index (χ1n) is 4.91. The lowest BCUT2D eigenvalue weighted by Crippen LogP contribution is -1.99. The van der Waals surface area contributed by atoms with Crippen molar-refractivity contribution in [3.8, 4) is 0 Å². The fourth-order valence-corrected chi connectivity index (χ4v) is 2.29. The number of hydrogen-bond donors (Lipinski definition) is 1. The molecule has 1 aromatic heterocycles. The first kappa shape index (κ1) is 12.5. The minimum absolute atomic E-state index is 0.316. The second-order valence-electron chi connectivity index (χ2n) is 3.54. The molecule has 0 fully saturated rings. The lowest BCUT2D eigenvalue weighted by molar-refractivity contribution is 0.631. The van der Waals surface area contributed by atoms with Gasteiger partial charge in [-0.3, -0.25) is 0 Å². The highest BCUT2D eigenvalue weighted by Crippen LogP contribution is 2.29. The monoisotopic (exact) mass is 358 g/mol. The highest BCUT2D eigenvalue weighted by Gasteiger charge is 2.08. The maximum Gasteiger partial charge on any atom is 0.147 e. The van der Waals surface area contributed by atoms with Crippen molar-refractivity contribution in [2.45, 2.75) is 6.92 Å². The topological polar surface area (TPSA) is 24.9 Å². The van der Waals surface area contributed by atoms with E-state index < -0.39 is 0 Å². The molecule has 0 bridgehead atoms. The van der Waals surface area contributed by atoms with Crippen LogP contribution >= 0.6 is 31.9 Å². The van der Waals surface area contributed by atoms with Gasteiger partial charge in [-0.25, -0.2) is 9.37 Å². The van der Waals surface area contributed by atoms with Crippen molar-refractivity contribution in [3.05, 3.63) is 50.8 Å². The summed E-state index contributed by atoms with van der Waals surface area (Å²) in [5.74, 6) is 0.322. The average molecular weight is 360 g/mol. The zero-order valence-corrected chi connectivity index (χ0v) is 12.1. The van der Waals surface area contributed by atoms with Crippen LogP contribution in [0.5, 0.6) is 0 Å². The summed E-state index contributed by atoms with van der Waals surface area (Å²) < 4.78 is 15.2. The van der Waals surface area contributed by atoms with Crippen molar-refractivity contribution in [3.63, 3.8) is 0 Å². The number of aryl methyl sites for hydroxylation is 1. The standard InChI is InChI=1S/C12H9Br2FN2/c1-7-5-8(13)6-16-12(7)17-11-9(14)3-2-4-10(11)15/h2-6H,1H3,(H,16,17). The van der Waals surface area contributed by atoms with E-state index in [4.69, 9.17) is 0 Å². The Balaban J connectivity index is 2.38. The molecule has 1 N–H and O–H groups in total. The molecule has 1 heterocycles. The lowest BCUT2D eigenvalue weighted by Gasteiger charge is -2.11. The summed E-state index contributed by atoms with van der Waals surface area (Å²) >= 11 is 6.64. The number of rotatable bonds is 2. The Bertz CT molecular complexity index is 538. The molecule has 0 atom stereocenters. The van der Waals surface area contributed by atoms with E-state index in [0.717, 1.165) is 10.0 Å². The Labute approximate surface area is 116 Å². The van der Waals surface area contributed by atoms with E-state index in [0.29, 0.717) is 16.0 Å². The van der Waals surface area contributed by atoms with E-state index in [1.165, 1.54) is 6.07 Å². The third kappa shape index (κ3) is 2.84. The number of benzene rings is 1. The lowest BCUT2D eigenvalue weighted by atomic mass is 10.2.